The van der Waals surface area contributed by atoms with Gasteiger partial charge in [0.2, 0.25) is 0 Å². The van der Waals surface area contributed by atoms with Gasteiger partial charge in [-0.05, 0) is 37.6 Å². The van der Waals surface area contributed by atoms with Crippen molar-refractivity contribution < 1.29 is 8.95 Å². The van der Waals surface area contributed by atoms with Gasteiger partial charge in [0.05, 0.1) is 6.61 Å². The number of nitrogens with one attached hydrogen (secondary N) is 1. The van der Waals surface area contributed by atoms with Gasteiger partial charge in [0, 0.05) is 27.8 Å². The van der Waals surface area contributed by atoms with Gasteiger partial charge in [-0.25, -0.2) is 0 Å². The van der Waals surface area contributed by atoms with Crippen LogP contribution in [0.2, 0.25) is 0 Å². The van der Waals surface area contributed by atoms with Gasteiger partial charge in [-0.1, -0.05) is 32.9 Å². The van der Waals surface area contributed by atoms with Crippen molar-refractivity contribution in [1.82, 2.24) is 5.32 Å². The number of rotatable bonds is 9. The predicted octanol–water partition coefficient (Wildman–Crippen LogP) is 3.28. The predicted molar refractivity (Wildman–Crippen MR) is 86.8 cm³/mol. The standard InChI is InChI=1S/C16H27NO2S/c1-5-13(4)20(18)12-16(17-6-2)14-8-10-15(11-9-14)19-7-3/h8-11,13,16-17H,5-7,12H2,1-4H3. The van der Waals surface area contributed by atoms with E-state index >= 15 is 0 Å². The molecule has 0 saturated heterocycles. The van der Waals surface area contributed by atoms with E-state index in [1.807, 2.05) is 19.1 Å². The van der Waals surface area contributed by atoms with E-state index in [1.54, 1.807) is 0 Å². The van der Waals surface area contributed by atoms with Crippen LogP contribution < -0.4 is 10.1 Å². The summed E-state index contributed by atoms with van der Waals surface area (Å²) >= 11 is 0. The number of hydrogen-bond donors (Lipinski definition) is 1. The molecule has 0 fully saturated rings. The molecule has 0 aliphatic carbocycles. The van der Waals surface area contributed by atoms with E-state index in [-0.39, 0.29) is 11.3 Å². The Bertz CT molecular complexity index is 405. The van der Waals surface area contributed by atoms with Crippen LogP contribution in [-0.4, -0.2) is 28.4 Å². The second-order valence-electron chi connectivity index (χ2n) is 4.88. The zero-order valence-electron chi connectivity index (χ0n) is 13.0. The first-order valence-corrected chi connectivity index (χ1v) is 8.83. The monoisotopic (exact) mass is 297 g/mol. The molecule has 0 spiro atoms. The lowest BCUT2D eigenvalue weighted by atomic mass is 10.1. The minimum atomic E-state index is -0.799. The number of benzene rings is 1. The summed E-state index contributed by atoms with van der Waals surface area (Å²) in [5.74, 6) is 1.55. The van der Waals surface area contributed by atoms with Gasteiger partial charge in [-0.2, -0.15) is 0 Å². The average Bonchev–Trinajstić information content (AvgIpc) is 2.47. The minimum Gasteiger partial charge on any atom is -0.494 e. The Hall–Kier alpha value is -0.870. The first-order chi connectivity index (χ1) is 9.62. The summed E-state index contributed by atoms with van der Waals surface area (Å²) in [7, 11) is -0.799. The second-order valence-corrected chi connectivity index (χ2v) is 6.78. The Morgan fingerprint density at radius 2 is 1.85 bits per heavy atom. The molecular weight excluding hydrogens is 270 g/mol. The lowest BCUT2D eigenvalue weighted by Crippen LogP contribution is -2.28. The van der Waals surface area contributed by atoms with Crippen LogP contribution in [0.15, 0.2) is 24.3 Å². The molecule has 20 heavy (non-hydrogen) atoms. The molecule has 0 bridgehead atoms. The third-order valence-electron chi connectivity index (χ3n) is 3.40. The van der Waals surface area contributed by atoms with E-state index in [4.69, 9.17) is 4.74 Å². The van der Waals surface area contributed by atoms with E-state index in [1.165, 1.54) is 5.56 Å². The summed E-state index contributed by atoms with van der Waals surface area (Å²) in [6.45, 7) is 9.74. The van der Waals surface area contributed by atoms with Gasteiger partial charge in [0.15, 0.2) is 0 Å². The minimum absolute atomic E-state index is 0.144. The molecule has 0 heterocycles. The van der Waals surface area contributed by atoms with E-state index < -0.39 is 10.8 Å². The van der Waals surface area contributed by atoms with Crippen molar-refractivity contribution in [2.24, 2.45) is 0 Å². The van der Waals surface area contributed by atoms with Crippen LogP contribution in [-0.2, 0) is 10.8 Å². The molecule has 0 radical (unpaired) electrons. The Kier molecular flexibility index (Phi) is 7.85. The van der Waals surface area contributed by atoms with Crippen LogP contribution in [0, 0.1) is 0 Å². The topological polar surface area (TPSA) is 38.3 Å². The van der Waals surface area contributed by atoms with Crippen molar-refractivity contribution in [3.8, 4) is 5.75 Å². The summed E-state index contributed by atoms with van der Waals surface area (Å²) in [5, 5.41) is 3.68. The fraction of sp³-hybridized carbons (Fsp3) is 0.625. The average molecular weight is 297 g/mol. The van der Waals surface area contributed by atoms with Crippen molar-refractivity contribution in [1.29, 1.82) is 0 Å². The molecule has 114 valence electrons. The van der Waals surface area contributed by atoms with Crippen LogP contribution in [0.4, 0.5) is 0 Å². The normalized spacial score (nSPS) is 15.6. The van der Waals surface area contributed by atoms with Crippen molar-refractivity contribution in [3.63, 3.8) is 0 Å². The third-order valence-corrected chi connectivity index (χ3v) is 5.29. The lowest BCUT2D eigenvalue weighted by Gasteiger charge is -2.20. The zero-order chi connectivity index (χ0) is 15.0. The highest BCUT2D eigenvalue weighted by Gasteiger charge is 2.17. The Morgan fingerprint density at radius 3 is 2.35 bits per heavy atom. The Morgan fingerprint density at radius 1 is 1.20 bits per heavy atom. The zero-order valence-corrected chi connectivity index (χ0v) is 13.8. The highest BCUT2D eigenvalue weighted by molar-refractivity contribution is 7.85. The number of ether oxygens (including phenoxy) is 1. The van der Waals surface area contributed by atoms with Gasteiger partial charge < -0.3 is 10.1 Å². The maximum Gasteiger partial charge on any atom is 0.119 e. The summed E-state index contributed by atoms with van der Waals surface area (Å²) in [6.07, 6.45) is 0.953. The molecule has 3 unspecified atom stereocenters. The van der Waals surface area contributed by atoms with Gasteiger partial charge in [0.25, 0.3) is 0 Å². The summed E-state index contributed by atoms with van der Waals surface area (Å²) < 4.78 is 17.7. The van der Waals surface area contributed by atoms with Crippen molar-refractivity contribution in [3.05, 3.63) is 29.8 Å². The molecule has 0 aliphatic heterocycles. The maximum absolute atomic E-state index is 12.2. The van der Waals surface area contributed by atoms with Crippen LogP contribution in [0.3, 0.4) is 0 Å². The molecule has 0 amide bonds. The van der Waals surface area contributed by atoms with Crippen LogP contribution >= 0.6 is 0 Å². The maximum atomic E-state index is 12.2. The van der Waals surface area contributed by atoms with Crippen LogP contribution in [0.25, 0.3) is 0 Å². The quantitative estimate of drug-likeness (QED) is 0.760. The fourth-order valence-corrected chi connectivity index (χ4v) is 3.34. The Labute approximate surface area is 125 Å². The van der Waals surface area contributed by atoms with E-state index in [9.17, 15) is 4.21 Å². The van der Waals surface area contributed by atoms with E-state index in [2.05, 4.69) is 38.2 Å². The SMILES string of the molecule is CCNC(CS(=O)C(C)CC)c1ccc(OCC)cc1. The van der Waals surface area contributed by atoms with Crippen molar-refractivity contribution in [2.45, 2.75) is 45.4 Å². The van der Waals surface area contributed by atoms with Crippen LogP contribution in [0.5, 0.6) is 5.75 Å². The number of hydrogen-bond acceptors (Lipinski definition) is 3. The molecule has 0 aliphatic rings. The van der Waals surface area contributed by atoms with E-state index in [0.29, 0.717) is 12.4 Å². The molecule has 1 rings (SSSR count). The first-order valence-electron chi connectivity index (χ1n) is 7.45. The molecule has 1 N–H and O–H groups in total. The molecular formula is C16H27NO2S. The molecule has 0 aromatic heterocycles. The summed E-state index contributed by atoms with van der Waals surface area (Å²) in [6, 6.07) is 8.23. The first kappa shape index (κ1) is 17.2. The largest absolute Gasteiger partial charge is 0.494 e. The van der Waals surface area contributed by atoms with Crippen molar-refractivity contribution in [2.75, 3.05) is 18.9 Å². The molecule has 0 saturated carbocycles. The van der Waals surface area contributed by atoms with Crippen molar-refractivity contribution >= 4 is 10.8 Å². The molecule has 4 heteroatoms. The molecule has 1 aromatic carbocycles. The third kappa shape index (κ3) is 5.25. The highest BCUT2D eigenvalue weighted by atomic mass is 32.2. The van der Waals surface area contributed by atoms with Gasteiger partial charge >= 0.3 is 0 Å². The smallest absolute Gasteiger partial charge is 0.119 e. The summed E-state index contributed by atoms with van der Waals surface area (Å²) in [4.78, 5) is 0. The van der Waals surface area contributed by atoms with Gasteiger partial charge in [-0.15, -0.1) is 0 Å². The fourth-order valence-electron chi connectivity index (χ4n) is 2.00. The Balaban J connectivity index is 2.76. The molecule has 1 aromatic rings. The second kappa shape index (κ2) is 9.14. The van der Waals surface area contributed by atoms with Crippen LogP contribution in [0.1, 0.15) is 45.7 Å². The van der Waals surface area contributed by atoms with E-state index in [0.717, 1.165) is 18.7 Å². The molecule has 3 atom stereocenters. The lowest BCUT2D eigenvalue weighted by molar-refractivity contribution is 0.340. The van der Waals surface area contributed by atoms with Gasteiger partial charge in [-0.3, -0.25) is 4.21 Å². The molecule has 3 nitrogen and oxygen atoms in total. The summed E-state index contributed by atoms with van der Waals surface area (Å²) in [5.41, 5.74) is 1.17. The van der Waals surface area contributed by atoms with Gasteiger partial charge in [0.1, 0.15) is 5.75 Å². The highest BCUT2D eigenvalue weighted by Crippen LogP contribution is 2.20.